The molecule has 7 heteroatoms. The van der Waals surface area contributed by atoms with Crippen molar-refractivity contribution in [1.82, 2.24) is 20.1 Å². The maximum absolute atomic E-state index is 11.9. The van der Waals surface area contributed by atoms with E-state index in [0.717, 1.165) is 0 Å². The predicted octanol–water partition coefficient (Wildman–Crippen LogP) is 0.459. The molecule has 0 aliphatic heterocycles. The molecular formula is C12H14N4O3. The van der Waals surface area contributed by atoms with Gasteiger partial charge in [0.05, 0.1) is 19.2 Å². The minimum atomic E-state index is -0.396. The van der Waals surface area contributed by atoms with E-state index in [-0.39, 0.29) is 17.9 Å². The lowest BCUT2D eigenvalue weighted by molar-refractivity contribution is 0.0947. The Kier molecular flexibility index (Phi) is 3.65. The number of aryl methyl sites for hydroxylation is 1. The van der Waals surface area contributed by atoms with Crippen LogP contribution in [0.2, 0.25) is 0 Å². The molecule has 0 atom stereocenters. The molecule has 0 radical (unpaired) electrons. The highest BCUT2D eigenvalue weighted by molar-refractivity contribution is 5.96. The third-order valence-electron chi connectivity index (χ3n) is 2.50. The summed E-state index contributed by atoms with van der Waals surface area (Å²) in [6.45, 7) is 0.200. The van der Waals surface area contributed by atoms with Crippen molar-refractivity contribution in [2.45, 2.75) is 6.54 Å². The Labute approximate surface area is 109 Å². The molecule has 19 heavy (non-hydrogen) atoms. The number of methoxy groups -OCH3 is 1. The first kappa shape index (κ1) is 12.9. The largest absolute Gasteiger partial charge is 0.507 e. The van der Waals surface area contributed by atoms with Crippen LogP contribution in [0.3, 0.4) is 0 Å². The van der Waals surface area contributed by atoms with E-state index in [1.165, 1.54) is 19.2 Å². The zero-order valence-electron chi connectivity index (χ0n) is 10.6. The topological polar surface area (TPSA) is 89.3 Å². The second-order valence-electron chi connectivity index (χ2n) is 3.90. The van der Waals surface area contributed by atoms with Gasteiger partial charge in [-0.1, -0.05) is 0 Å². The third-order valence-corrected chi connectivity index (χ3v) is 2.50. The summed E-state index contributed by atoms with van der Waals surface area (Å²) in [4.78, 5) is 15.9. The van der Waals surface area contributed by atoms with Crippen LogP contribution < -0.4 is 10.1 Å². The van der Waals surface area contributed by atoms with Crippen molar-refractivity contribution in [3.8, 4) is 11.5 Å². The molecular weight excluding hydrogens is 248 g/mol. The molecule has 0 unspecified atom stereocenters. The Balaban J connectivity index is 2.03. The van der Waals surface area contributed by atoms with Crippen LogP contribution in [0.1, 0.15) is 16.2 Å². The number of hydrogen-bond donors (Lipinski definition) is 2. The molecule has 2 N–H and O–H groups in total. The van der Waals surface area contributed by atoms with Crippen LogP contribution in [-0.2, 0) is 13.6 Å². The molecule has 100 valence electrons. The Bertz CT molecular complexity index is 594. The number of aromatic hydroxyl groups is 1. The first-order chi connectivity index (χ1) is 9.10. The predicted molar refractivity (Wildman–Crippen MR) is 66.8 cm³/mol. The maximum atomic E-state index is 11.9. The van der Waals surface area contributed by atoms with Crippen molar-refractivity contribution in [3.05, 3.63) is 35.9 Å². The van der Waals surface area contributed by atoms with Crippen LogP contribution in [0.4, 0.5) is 0 Å². The Morgan fingerprint density at radius 1 is 1.53 bits per heavy atom. The Hall–Kier alpha value is -2.57. The first-order valence-corrected chi connectivity index (χ1v) is 5.60. The maximum Gasteiger partial charge on any atom is 0.255 e. The molecule has 1 aromatic heterocycles. The molecule has 0 aliphatic rings. The number of phenolic OH excluding ortho intramolecular Hbond substituents is 1. The van der Waals surface area contributed by atoms with Gasteiger partial charge in [-0.3, -0.25) is 9.48 Å². The monoisotopic (exact) mass is 262 g/mol. The van der Waals surface area contributed by atoms with Crippen molar-refractivity contribution in [2.75, 3.05) is 7.11 Å². The average Bonchev–Trinajstić information content (AvgIpc) is 2.81. The van der Waals surface area contributed by atoms with Gasteiger partial charge in [-0.25, -0.2) is 4.98 Å². The van der Waals surface area contributed by atoms with E-state index in [9.17, 15) is 9.90 Å². The van der Waals surface area contributed by atoms with Gasteiger partial charge in [0, 0.05) is 13.1 Å². The average molecular weight is 262 g/mol. The molecule has 1 aromatic carbocycles. The third kappa shape index (κ3) is 3.01. The van der Waals surface area contributed by atoms with Gasteiger partial charge in [0.25, 0.3) is 5.91 Å². The van der Waals surface area contributed by atoms with Crippen molar-refractivity contribution in [3.63, 3.8) is 0 Å². The quantitative estimate of drug-likeness (QED) is 0.835. The molecule has 1 heterocycles. The van der Waals surface area contributed by atoms with Gasteiger partial charge < -0.3 is 15.2 Å². The van der Waals surface area contributed by atoms with Crippen LogP contribution in [0.5, 0.6) is 11.5 Å². The molecule has 0 saturated heterocycles. The van der Waals surface area contributed by atoms with Gasteiger partial charge in [-0.15, -0.1) is 0 Å². The zero-order valence-corrected chi connectivity index (χ0v) is 10.6. The molecule has 2 aromatic rings. The molecule has 0 fully saturated rings. The minimum absolute atomic E-state index is 0.133. The van der Waals surface area contributed by atoms with E-state index in [1.807, 2.05) is 0 Å². The number of benzene rings is 1. The summed E-state index contributed by atoms with van der Waals surface area (Å²) >= 11 is 0. The van der Waals surface area contributed by atoms with Crippen LogP contribution in [0.25, 0.3) is 0 Å². The summed E-state index contributed by atoms with van der Waals surface area (Å²) < 4.78 is 6.50. The van der Waals surface area contributed by atoms with Gasteiger partial charge in [0.2, 0.25) is 0 Å². The number of amides is 1. The fourth-order valence-electron chi connectivity index (χ4n) is 1.55. The van der Waals surface area contributed by atoms with E-state index >= 15 is 0 Å². The molecule has 0 saturated carbocycles. The van der Waals surface area contributed by atoms with Crippen LogP contribution in [0.15, 0.2) is 24.5 Å². The molecule has 7 nitrogen and oxygen atoms in total. The summed E-state index contributed by atoms with van der Waals surface area (Å²) in [6, 6.07) is 4.48. The van der Waals surface area contributed by atoms with E-state index < -0.39 is 5.91 Å². The van der Waals surface area contributed by atoms with Crippen LogP contribution in [0, 0.1) is 0 Å². The number of phenols is 1. The van der Waals surface area contributed by atoms with Gasteiger partial charge in [-0.2, -0.15) is 5.10 Å². The van der Waals surface area contributed by atoms with E-state index in [0.29, 0.717) is 11.6 Å². The molecule has 0 aliphatic carbocycles. The first-order valence-electron chi connectivity index (χ1n) is 5.60. The lowest BCUT2D eigenvalue weighted by atomic mass is 10.2. The van der Waals surface area contributed by atoms with E-state index in [1.54, 1.807) is 24.1 Å². The Morgan fingerprint density at radius 2 is 2.32 bits per heavy atom. The SMILES string of the molecule is COc1ccc(C(=O)NCc2ncn(C)n2)c(O)c1. The summed E-state index contributed by atoms with van der Waals surface area (Å²) in [5.41, 5.74) is 0.178. The standard InChI is InChI=1S/C12H14N4O3/c1-16-7-14-11(15-16)6-13-12(18)9-4-3-8(19-2)5-10(9)17/h3-5,7,17H,6H2,1-2H3,(H,13,18). The fraction of sp³-hybridized carbons (Fsp3) is 0.250. The highest BCUT2D eigenvalue weighted by atomic mass is 16.5. The van der Waals surface area contributed by atoms with Gasteiger partial charge in [-0.05, 0) is 12.1 Å². The van der Waals surface area contributed by atoms with Crippen molar-refractivity contribution >= 4 is 5.91 Å². The fourth-order valence-corrected chi connectivity index (χ4v) is 1.55. The van der Waals surface area contributed by atoms with Crippen molar-refractivity contribution < 1.29 is 14.6 Å². The van der Waals surface area contributed by atoms with Crippen molar-refractivity contribution in [1.29, 1.82) is 0 Å². The molecule has 2 rings (SSSR count). The smallest absolute Gasteiger partial charge is 0.255 e. The van der Waals surface area contributed by atoms with Gasteiger partial charge in [0.15, 0.2) is 5.82 Å². The van der Waals surface area contributed by atoms with Crippen LogP contribution in [-0.4, -0.2) is 32.9 Å². The summed E-state index contributed by atoms with van der Waals surface area (Å²) in [5.74, 6) is 0.461. The number of ether oxygens (including phenoxy) is 1. The lowest BCUT2D eigenvalue weighted by Crippen LogP contribution is -2.23. The number of carbonyl (C=O) groups is 1. The number of carbonyl (C=O) groups excluding carboxylic acids is 1. The normalized spacial score (nSPS) is 10.2. The number of nitrogens with zero attached hydrogens (tertiary/aromatic N) is 3. The summed E-state index contributed by atoms with van der Waals surface area (Å²) in [6.07, 6.45) is 1.55. The number of rotatable bonds is 4. The highest BCUT2D eigenvalue weighted by Crippen LogP contribution is 2.23. The van der Waals surface area contributed by atoms with Gasteiger partial charge in [0.1, 0.15) is 17.8 Å². The minimum Gasteiger partial charge on any atom is -0.507 e. The number of nitrogens with one attached hydrogen (secondary N) is 1. The van der Waals surface area contributed by atoms with Crippen LogP contribution >= 0.6 is 0 Å². The lowest BCUT2D eigenvalue weighted by Gasteiger charge is -2.06. The molecule has 1 amide bonds. The Morgan fingerprint density at radius 3 is 2.89 bits per heavy atom. The molecule has 0 spiro atoms. The van der Waals surface area contributed by atoms with E-state index in [2.05, 4.69) is 15.4 Å². The molecule has 0 bridgehead atoms. The number of hydrogen-bond acceptors (Lipinski definition) is 5. The summed E-state index contributed by atoms with van der Waals surface area (Å²) in [7, 11) is 3.23. The zero-order chi connectivity index (χ0) is 13.8. The second-order valence-corrected chi connectivity index (χ2v) is 3.90. The van der Waals surface area contributed by atoms with Gasteiger partial charge >= 0.3 is 0 Å². The summed E-state index contributed by atoms with van der Waals surface area (Å²) in [5, 5.41) is 16.4. The number of aromatic nitrogens is 3. The second kappa shape index (κ2) is 5.38. The van der Waals surface area contributed by atoms with E-state index in [4.69, 9.17) is 4.74 Å². The highest BCUT2D eigenvalue weighted by Gasteiger charge is 2.12. The van der Waals surface area contributed by atoms with Crippen molar-refractivity contribution in [2.24, 2.45) is 7.05 Å².